The third-order valence-corrected chi connectivity index (χ3v) is 3.90. The van der Waals surface area contributed by atoms with Crippen LogP contribution in [0.4, 0.5) is 5.69 Å². The molecule has 1 saturated carbocycles. The first-order chi connectivity index (χ1) is 9.02. The van der Waals surface area contributed by atoms with E-state index >= 15 is 0 Å². The lowest BCUT2D eigenvalue weighted by molar-refractivity contribution is -0.384. The average molecular weight is 263 g/mol. The van der Waals surface area contributed by atoms with Crippen LogP contribution >= 0.6 is 0 Å². The van der Waals surface area contributed by atoms with Gasteiger partial charge in [0.25, 0.3) is 5.69 Å². The zero-order chi connectivity index (χ0) is 14.0. The Morgan fingerprint density at radius 1 is 1.47 bits per heavy atom. The van der Waals surface area contributed by atoms with Gasteiger partial charge in [0, 0.05) is 12.1 Å². The Bertz CT molecular complexity index is 483. The zero-order valence-electron chi connectivity index (χ0n) is 10.8. The minimum Gasteiger partial charge on any atom is -0.481 e. The molecular formula is C14H17NO4. The predicted octanol–water partition coefficient (Wildman–Crippen LogP) is 3.20. The Morgan fingerprint density at radius 2 is 2.11 bits per heavy atom. The molecule has 0 aliphatic heterocycles. The van der Waals surface area contributed by atoms with Gasteiger partial charge in [-0.1, -0.05) is 19.1 Å². The van der Waals surface area contributed by atoms with E-state index in [1.807, 2.05) is 0 Å². The van der Waals surface area contributed by atoms with E-state index in [4.69, 9.17) is 5.11 Å². The van der Waals surface area contributed by atoms with E-state index in [0.717, 1.165) is 24.8 Å². The van der Waals surface area contributed by atoms with Crippen LogP contribution in [0.1, 0.15) is 37.7 Å². The summed E-state index contributed by atoms with van der Waals surface area (Å²) in [5.74, 6) is -0.344. The molecule has 0 radical (unpaired) electrons. The maximum atomic E-state index is 10.8. The summed E-state index contributed by atoms with van der Waals surface area (Å²) < 4.78 is 0. The monoisotopic (exact) mass is 263 g/mol. The molecule has 0 aromatic heterocycles. The summed E-state index contributed by atoms with van der Waals surface area (Å²) in [5.41, 5.74) is 1.15. The maximum Gasteiger partial charge on any atom is 0.306 e. The second kappa shape index (κ2) is 5.38. The van der Waals surface area contributed by atoms with E-state index in [-0.39, 0.29) is 23.4 Å². The quantitative estimate of drug-likeness (QED) is 0.631. The molecule has 102 valence electrons. The van der Waals surface area contributed by atoms with Crippen LogP contribution in [-0.4, -0.2) is 16.0 Å². The van der Waals surface area contributed by atoms with E-state index in [1.54, 1.807) is 12.1 Å². The molecule has 0 heterocycles. The number of hydrogen-bond donors (Lipinski definition) is 1. The summed E-state index contributed by atoms with van der Waals surface area (Å²) >= 11 is 0. The first-order valence-electron chi connectivity index (χ1n) is 6.50. The number of rotatable bonds is 6. The highest BCUT2D eigenvalue weighted by molar-refractivity contribution is 5.73. The van der Waals surface area contributed by atoms with Gasteiger partial charge < -0.3 is 5.11 Å². The first-order valence-corrected chi connectivity index (χ1v) is 6.50. The van der Waals surface area contributed by atoms with E-state index in [9.17, 15) is 14.9 Å². The highest BCUT2D eigenvalue weighted by Gasteiger charge is 2.43. The summed E-state index contributed by atoms with van der Waals surface area (Å²) in [5, 5.41) is 19.5. The molecule has 19 heavy (non-hydrogen) atoms. The van der Waals surface area contributed by atoms with E-state index in [1.165, 1.54) is 12.1 Å². The van der Waals surface area contributed by atoms with Gasteiger partial charge in [-0.2, -0.15) is 0 Å². The number of hydrogen-bond acceptors (Lipinski definition) is 3. The predicted molar refractivity (Wildman–Crippen MR) is 70.0 cm³/mol. The van der Waals surface area contributed by atoms with E-state index < -0.39 is 10.9 Å². The molecule has 3 unspecified atom stereocenters. The van der Waals surface area contributed by atoms with Gasteiger partial charge in [-0.3, -0.25) is 14.9 Å². The van der Waals surface area contributed by atoms with Crippen molar-refractivity contribution in [1.29, 1.82) is 0 Å². The number of carbonyl (C=O) groups is 1. The van der Waals surface area contributed by atoms with Crippen LogP contribution in [0.2, 0.25) is 0 Å². The van der Waals surface area contributed by atoms with E-state index in [0.29, 0.717) is 0 Å². The van der Waals surface area contributed by atoms with Gasteiger partial charge in [-0.15, -0.1) is 0 Å². The van der Waals surface area contributed by atoms with Crippen molar-refractivity contribution in [3.63, 3.8) is 0 Å². The highest BCUT2D eigenvalue weighted by Crippen LogP contribution is 2.46. The van der Waals surface area contributed by atoms with Crippen molar-refractivity contribution in [1.82, 2.24) is 0 Å². The molecule has 5 nitrogen and oxygen atoms in total. The van der Waals surface area contributed by atoms with Crippen LogP contribution in [0.3, 0.4) is 0 Å². The number of aliphatic carboxylic acids is 1. The highest BCUT2D eigenvalue weighted by atomic mass is 16.6. The van der Waals surface area contributed by atoms with Crippen LogP contribution in [0, 0.1) is 22.0 Å². The van der Waals surface area contributed by atoms with Crippen LogP contribution < -0.4 is 0 Å². The van der Waals surface area contributed by atoms with Gasteiger partial charge >= 0.3 is 5.97 Å². The Kier molecular flexibility index (Phi) is 3.83. The molecule has 1 N–H and O–H groups in total. The molecule has 3 atom stereocenters. The topological polar surface area (TPSA) is 80.4 Å². The van der Waals surface area contributed by atoms with Gasteiger partial charge in [0.1, 0.15) is 0 Å². The average Bonchev–Trinajstić information content (AvgIpc) is 3.15. The molecule has 1 fully saturated rings. The summed E-state index contributed by atoms with van der Waals surface area (Å²) in [6, 6.07) is 6.59. The smallest absolute Gasteiger partial charge is 0.306 e. The number of non-ortho nitro benzene ring substituents is 1. The Hall–Kier alpha value is -1.91. The van der Waals surface area contributed by atoms with Crippen LogP contribution in [-0.2, 0) is 4.79 Å². The standard InChI is InChI=1S/C14H17NO4/c1-2-9(7-11-8-13(11)14(16)17)10-3-5-12(6-4-10)15(18)19/h3-6,9,11,13H,2,7-8H2,1H3,(H,16,17). The molecular weight excluding hydrogens is 246 g/mol. The molecule has 1 aliphatic carbocycles. The lowest BCUT2D eigenvalue weighted by Crippen LogP contribution is -2.04. The van der Waals surface area contributed by atoms with Crippen LogP contribution in [0.25, 0.3) is 0 Å². The summed E-state index contributed by atoms with van der Waals surface area (Å²) in [6.07, 6.45) is 2.53. The molecule has 0 bridgehead atoms. The fourth-order valence-corrected chi connectivity index (χ4v) is 2.58. The largest absolute Gasteiger partial charge is 0.481 e. The number of benzene rings is 1. The van der Waals surface area contributed by atoms with Gasteiger partial charge in [0.2, 0.25) is 0 Å². The molecule has 5 heteroatoms. The lowest BCUT2D eigenvalue weighted by atomic mass is 9.90. The molecule has 1 aliphatic rings. The van der Waals surface area contributed by atoms with Crippen molar-refractivity contribution < 1.29 is 14.8 Å². The van der Waals surface area contributed by atoms with Gasteiger partial charge in [0.15, 0.2) is 0 Å². The van der Waals surface area contributed by atoms with Crippen LogP contribution in [0.5, 0.6) is 0 Å². The van der Waals surface area contributed by atoms with Crippen molar-refractivity contribution in [2.24, 2.45) is 11.8 Å². The third-order valence-electron chi connectivity index (χ3n) is 3.90. The van der Waals surface area contributed by atoms with Crippen LogP contribution in [0.15, 0.2) is 24.3 Å². The summed E-state index contributed by atoms with van der Waals surface area (Å²) in [7, 11) is 0. The van der Waals surface area contributed by atoms with Crippen molar-refractivity contribution in [2.75, 3.05) is 0 Å². The second-order valence-electron chi connectivity index (χ2n) is 5.13. The Morgan fingerprint density at radius 3 is 2.53 bits per heavy atom. The number of nitrogens with zero attached hydrogens (tertiary/aromatic N) is 1. The summed E-state index contributed by atoms with van der Waals surface area (Å²) in [4.78, 5) is 21.0. The zero-order valence-corrected chi connectivity index (χ0v) is 10.8. The molecule has 0 spiro atoms. The van der Waals surface area contributed by atoms with Gasteiger partial charge in [-0.25, -0.2) is 0 Å². The number of nitro benzene ring substituents is 1. The fourth-order valence-electron chi connectivity index (χ4n) is 2.58. The molecule has 0 amide bonds. The molecule has 2 rings (SSSR count). The second-order valence-corrected chi connectivity index (χ2v) is 5.13. The van der Waals surface area contributed by atoms with Gasteiger partial charge in [0.05, 0.1) is 10.8 Å². The van der Waals surface area contributed by atoms with Crippen molar-refractivity contribution >= 4 is 11.7 Å². The lowest BCUT2D eigenvalue weighted by Gasteiger charge is -2.14. The number of carboxylic acids is 1. The number of carboxylic acid groups (broad SMARTS) is 1. The normalized spacial score (nSPS) is 22.8. The molecule has 1 aromatic carbocycles. The van der Waals surface area contributed by atoms with E-state index in [2.05, 4.69) is 6.92 Å². The Labute approximate surface area is 111 Å². The fraction of sp³-hybridized carbons (Fsp3) is 0.500. The SMILES string of the molecule is CCC(CC1CC1C(=O)O)c1ccc([N+](=O)[O-])cc1. The third kappa shape index (κ3) is 3.10. The Balaban J connectivity index is 2.01. The van der Waals surface area contributed by atoms with Crippen molar-refractivity contribution in [3.8, 4) is 0 Å². The molecule has 1 aromatic rings. The number of nitro groups is 1. The minimum atomic E-state index is -0.705. The van der Waals surface area contributed by atoms with Gasteiger partial charge in [-0.05, 0) is 36.7 Å². The molecule has 0 saturated heterocycles. The van der Waals surface area contributed by atoms with Crippen molar-refractivity contribution in [2.45, 2.75) is 32.1 Å². The first kappa shape index (κ1) is 13.5. The summed E-state index contributed by atoms with van der Waals surface area (Å²) in [6.45, 7) is 2.06. The minimum absolute atomic E-state index is 0.0911. The van der Waals surface area contributed by atoms with Crippen molar-refractivity contribution in [3.05, 3.63) is 39.9 Å². The maximum absolute atomic E-state index is 10.8.